The highest BCUT2D eigenvalue weighted by atomic mass is 16.6. The first-order valence-corrected chi connectivity index (χ1v) is 46.2. The van der Waals surface area contributed by atoms with Gasteiger partial charge in [0, 0.05) is 32.7 Å². The lowest BCUT2D eigenvalue weighted by atomic mass is 10.1. The number of nitrogens with one attached hydrogen (secondary N) is 5. The molecule has 13 aromatic rings. The molecular weight excluding hydrogens is 1780 g/mol. The van der Waals surface area contributed by atoms with E-state index in [4.69, 9.17) is 56.1 Å². The number of carbonyl (C=O) groups excluding carboxylic acids is 7. The van der Waals surface area contributed by atoms with Gasteiger partial charge in [0.05, 0.1) is 122 Å². The van der Waals surface area contributed by atoms with E-state index in [0.29, 0.717) is 99.8 Å². The first kappa shape index (κ1) is 108. The van der Waals surface area contributed by atoms with Crippen LogP contribution < -0.4 is 49.5 Å². The second-order valence-electron chi connectivity index (χ2n) is 36.6. The molecule has 140 heavy (non-hydrogen) atoms. The van der Waals surface area contributed by atoms with Crippen LogP contribution in [-0.2, 0) is 112 Å². The summed E-state index contributed by atoms with van der Waals surface area (Å²) in [6.07, 6.45) is 5.09. The second kappa shape index (κ2) is 51.1. The number of amides is 7. The topological polar surface area (TPSA) is 463 Å². The number of benzene rings is 6. The van der Waals surface area contributed by atoms with Gasteiger partial charge in [0.1, 0.15) is 55.6 Å². The number of nitrogens with zero attached hydrogens (tertiary/aromatic N) is 13. The van der Waals surface area contributed by atoms with E-state index in [-0.39, 0.29) is 97.4 Å². The Morgan fingerprint density at radius 3 is 1.31 bits per heavy atom. The van der Waals surface area contributed by atoms with Gasteiger partial charge in [-0.1, -0.05) is 211 Å². The molecule has 9 heterocycles. The standard InChI is InChI=1S/C30H34N6O4.C27H35N5O4.C26H35N5O4.C19H24N6O2.2CH4/c1-30(2,31)28(37)32-25(20-39-18-21-9-4-3-5-10-21)27-34-33-26-17-35(15-16-36(26)27)29(38)40-19-23-13-8-12-22-11-6-7-14-24(22)23;1-19-12-13-31(15-19)26(34)36-17-22-11-7-10-21-14-29-24(32(21)22)23(30-25(33)27(2,3)28)18-35-16-20-8-5-4-6-9-20;1-4-5-14-28-25(33)35-17-21-13-9-12-20-15-29-23(31(20)21)22(30-24(32)26(2,3)27)18-34-16-19-10-7-6-8-11-19;1-13-9-10-16-22-23-17(25(16)24-13)15(21-18(26)19(2,3)20)12-27-11-14-7-5-4-6-8-14;;/h3-14,25H,15-20,31H2,1-2H3,(H,32,37);4-11,14,19,23H,12-13,15-18,28H2,1-3H3,(H,30,33);6-13,15,22H,4-5,14,16-18,27H2,1-3H3,(H,28,33)(H,30,32);4-10,15H,11-12,20H2,1-3H3,(H,21,26);2*1H4/t25-;19-,23-;22-;15-;;/m1111../s1. The number of likely N-dealkylation sites (tertiary alicyclic amines) is 1. The summed E-state index contributed by atoms with van der Waals surface area (Å²) in [7, 11) is 0. The lowest BCUT2D eigenvalue weighted by Crippen LogP contribution is -2.51. The van der Waals surface area contributed by atoms with Crippen LogP contribution in [0.3, 0.4) is 0 Å². The van der Waals surface area contributed by atoms with Gasteiger partial charge in [-0.2, -0.15) is 9.61 Å². The minimum atomic E-state index is -1.08. The number of nitrogens with two attached hydrogens (primary N) is 4. The van der Waals surface area contributed by atoms with Gasteiger partial charge in [-0.05, 0) is 156 Å². The highest BCUT2D eigenvalue weighted by Crippen LogP contribution is 2.28. The number of aromatic nitrogens is 11. The number of aryl methyl sites for hydroxylation is 1. The summed E-state index contributed by atoms with van der Waals surface area (Å²) in [4.78, 5) is 101. The van der Waals surface area contributed by atoms with Crippen LogP contribution in [0.4, 0.5) is 14.4 Å². The van der Waals surface area contributed by atoms with E-state index >= 15 is 0 Å². The average molecular weight is 1920 g/mol. The Morgan fingerprint density at radius 1 is 0.436 bits per heavy atom. The van der Waals surface area contributed by atoms with Crippen LogP contribution in [-0.4, -0.2) is 180 Å². The minimum Gasteiger partial charge on any atom is -0.445 e. The molecule has 0 unspecified atom stereocenters. The van der Waals surface area contributed by atoms with Gasteiger partial charge in [0.15, 0.2) is 23.1 Å². The fraction of sp³-hybridized carbons (Fsp3) is 0.404. The van der Waals surface area contributed by atoms with Gasteiger partial charge in [0.25, 0.3) is 0 Å². The summed E-state index contributed by atoms with van der Waals surface area (Å²) in [6.45, 7) is 25.0. The van der Waals surface area contributed by atoms with Gasteiger partial charge in [-0.15, -0.1) is 20.4 Å². The third kappa shape index (κ3) is 31.0. The molecule has 1 saturated heterocycles. The number of pyridine rings is 2. The maximum atomic E-state index is 12.9. The molecule has 7 amide bonds. The molecule has 0 aliphatic carbocycles. The fourth-order valence-electron chi connectivity index (χ4n) is 14.8. The van der Waals surface area contributed by atoms with Crippen molar-refractivity contribution in [3.63, 3.8) is 0 Å². The number of unbranched alkanes of at least 4 members (excludes halogenated alkanes) is 1. The van der Waals surface area contributed by atoms with Crippen LogP contribution in [0.15, 0.2) is 225 Å². The molecule has 6 aromatic carbocycles. The van der Waals surface area contributed by atoms with Crippen molar-refractivity contribution in [3.8, 4) is 0 Å². The molecule has 2 aliphatic rings. The van der Waals surface area contributed by atoms with Crippen molar-refractivity contribution in [1.29, 1.82) is 0 Å². The van der Waals surface area contributed by atoms with Crippen molar-refractivity contribution in [1.82, 2.24) is 89.7 Å². The van der Waals surface area contributed by atoms with E-state index in [2.05, 4.69) is 75.9 Å². The molecule has 7 aromatic heterocycles. The molecule has 13 N–H and O–H groups in total. The van der Waals surface area contributed by atoms with E-state index in [9.17, 15) is 33.6 Å². The minimum absolute atomic E-state index is 0. The smallest absolute Gasteiger partial charge is 0.410 e. The molecule has 5 atom stereocenters. The maximum Gasteiger partial charge on any atom is 0.410 e. The van der Waals surface area contributed by atoms with Gasteiger partial charge in [-0.25, -0.2) is 24.4 Å². The van der Waals surface area contributed by atoms with E-state index in [1.807, 2.05) is 233 Å². The van der Waals surface area contributed by atoms with Crippen molar-refractivity contribution in [2.75, 3.05) is 52.6 Å². The lowest BCUT2D eigenvalue weighted by Gasteiger charge is -2.29. The largest absolute Gasteiger partial charge is 0.445 e. The Balaban J connectivity index is 0.000000193. The summed E-state index contributed by atoms with van der Waals surface area (Å²) in [5.74, 6) is 2.02. The summed E-state index contributed by atoms with van der Waals surface area (Å²) in [5, 5.41) is 38.2. The number of hydrogen-bond acceptors (Lipinski definition) is 25. The van der Waals surface area contributed by atoms with E-state index < -0.39 is 58.5 Å². The predicted molar refractivity (Wildman–Crippen MR) is 534 cm³/mol. The van der Waals surface area contributed by atoms with Crippen LogP contribution >= 0.6 is 0 Å². The van der Waals surface area contributed by atoms with Crippen LogP contribution in [0.5, 0.6) is 0 Å². The molecule has 0 spiro atoms. The van der Waals surface area contributed by atoms with Gasteiger partial charge < -0.3 is 92.1 Å². The third-order valence-corrected chi connectivity index (χ3v) is 22.6. The molecule has 36 nitrogen and oxygen atoms in total. The summed E-state index contributed by atoms with van der Waals surface area (Å²) < 4.78 is 47.8. The zero-order valence-corrected chi connectivity index (χ0v) is 80.2. The molecule has 0 saturated carbocycles. The zero-order chi connectivity index (χ0) is 98.5. The number of hydrogen-bond donors (Lipinski definition) is 9. The van der Waals surface area contributed by atoms with E-state index in [1.165, 1.54) is 0 Å². The molecule has 0 radical (unpaired) electrons. The van der Waals surface area contributed by atoms with Crippen LogP contribution in [0, 0.1) is 12.8 Å². The van der Waals surface area contributed by atoms with Crippen LogP contribution in [0.2, 0.25) is 0 Å². The molecule has 746 valence electrons. The first-order chi connectivity index (χ1) is 66.1. The monoisotopic (exact) mass is 1920 g/mol. The van der Waals surface area contributed by atoms with Crippen molar-refractivity contribution in [2.24, 2.45) is 28.9 Å². The quantitative estimate of drug-likeness (QED) is 0.0129. The number of alkyl carbamates (subject to hydrolysis) is 1. The SMILES string of the molecule is C.C.CC(C)(N)C(=O)N[C@H](COCc1ccccc1)c1nnc2n1CCN(C(=O)OCc1cccc3ccccc13)C2.CCCCNC(=O)OCc1cccc2cnc([C@@H](COCc3ccccc3)NC(=O)C(C)(C)N)n12.C[C@@H]1CCN(C(=O)OCc2cccc3cnc([C@@H](COCc4ccccc4)NC(=O)C(C)(C)N)n23)C1.Cc1ccc2nnc([C@@H](COCc3ccccc3)NC(=O)C(C)(C)N)n2n1. The van der Waals surface area contributed by atoms with Crippen molar-refractivity contribution in [2.45, 2.75) is 216 Å². The Labute approximate surface area is 817 Å². The predicted octanol–water partition coefficient (Wildman–Crippen LogP) is 13.4. The Hall–Kier alpha value is -14.0. The number of fused-ring (bicyclic) bond motifs is 5. The van der Waals surface area contributed by atoms with Gasteiger partial charge in [0.2, 0.25) is 23.6 Å². The summed E-state index contributed by atoms with van der Waals surface area (Å²) in [5.41, 5.74) is 29.4. The molecule has 0 bridgehead atoms. The van der Waals surface area contributed by atoms with Crippen molar-refractivity contribution >= 4 is 69.4 Å². The molecular formula is C104H136N22O14. The number of ether oxygens (including phenoxy) is 7. The second-order valence-corrected chi connectivity index (χ2v) is 36.6. The van der Waals surface area contributed by atoms with Crippen molar-refractivity contribution in [3.05, 3.63) is 299 Å². The zero-order valence-electron chi connectivity index (χ0n) is 80.2. The summed E-state index contributed by atoms with van der Waals surface area (Å²) >= 11 is 0. The van der Waals surface area contributed by atoms with Gasteiger partial charge in [-0.3, -0.25) is 32.9 Å². The molecule has 1 fully saturated rings. The Morgan fingerprint density at radius 2 is 0.850 bits per heavy atom. The highest BCUT2D eigenvalue weighted by Gasteiger charge is 2.36. The van der Waals surface area contributed by atoms with Crippen LogP contribution in [0.1, 0.15) is 202 Å². The summed E-state index contributed by atoms with van der Waals surface area (Å²) in [6, 6.07) is 65.9. The molecule has 2 aliphatic heterocycles. The van der Waals surface area contributed by atoms with Gasteiger partial charge >= 0.3 is 18.3 Å². The normalized spacial score (nSPS) is 13.9. The van der Waals surface area contributed by atoms with E-state index in [0.717, 1.165) is 86.0 Å². The first-order valence-electron chi connectivity index (χ1n) is 46.2. The lowest BCUT2D eigenvalue weighted by molar-refractivity contribution is -0.127. The fourth-order valence-corrected chi connectivity index (χ4v) is 14.8. The third-order valence-electron chi connectivity index (χ3n) is 22.6. The Bertz CT molecular complexity index is 6170. The Kier molecular flexibility index (Phi) is 39.4. The van der Waals surface area contributed by atoms with E-state index in [1.54, 1.807) is 82.1 Å². The number of imidazole rings is 2. The van der Waals surface area contributed by atoms with Crippen LogP contribution in [0.25, 0.3) is 27.5 Å². The molecule has 36 heteroatoms. The maximum absolute atomic E-state index is 12.9. The highest BCUT2D eigenvalue weighted by molar-refractivity contribution is 5.88. The number of rotatable bonds is 37. The average Bonchev–Trinajstić information content (AvgIpc) is 1.67. The van der Waals surface area contributed by atoms with Crippen molar-refractivity contribution < 1.29 is 66.7 Å². The molecule has 15 rings (SSSR count). The number of carbonyl (C=O) groups is 7.